The molecule has 0 aliphatic heterocycles. The number of nitrogens with zero attached hydrogens (tertiary/aromatic N) is 1. The summed E-state index contributed by atoms with van der Waals surface area (Å²) in [6.45, 7) is 4.25. The zero-order chi connectivity index (χ0) is 15.1. The number of fused-ring (bicyclic) bond motifs is 1. The first-order chi connectivity index (χ1) is 9.95. The molecule has 0 radical (unpaired) electrons. The van der Waals surface area contributed by atoms with Gasteiger partial charge >= 0.3 is 0 Å². The predicted molar refractivity (Wildman–Crippen MR) is 99.8 cm³/mol. The van der Waals surface area contributed by atoms with Crippen molar-refractivity contribution in [2.75, 3.05) is 0 Å². The Hall–Kier alpha value is -0.710. The standard InChI is InChI=1S/C17H12Br3N/c1-9-3-10(2)5-11(4-9)16-13-6-12(18)7-14(19)17(13)21-8-15(16)20/h3-8H,1-2H3. The largest absolute Gasteiger partial charge is 0.254 e. The van der Waals surface area contributed by atoms with Gasteiger partial charge in [-0.2, -0.15) is 0 Å². The van der Waals surface area contributed by atoms with Crippen LogP contribution in [0, 0.1) is 13.8 Å². The van der Waals surface area contributed by atoms with E-state index in [1.807, 2.05) is 12.3 Å². The lowest BCUT2D eigenvalue weighted by atomic mass is 9.98. The Bertz CT molecular complexity index is 836. The first kappa shape index (κ1) is 15.2. The molecule has 0 saturated carbocycles. The Morgan fingerprint density at radius 3 is 2.14 bits per heavy atom. The summed E-state index contributed by atoms with van der Waals surface area (Å²) in [4.78, 5) is 4.54. The number of hydrogen-bond acceptors (Lipinski definition) is 1. The van der Waals surface area contributed by atoms with E-state index in [9.17, 15) is 0 Å². The molecule has 0 bridgehead atoms. The Labute approximate surface area is 149 Å². The number of aryl methyl sites for hydroxylation is 2. The lowest BCUT2D eigenvalue weighted by Crippen LogP contribution is -1.90. The van der Waals surface area contributed by atoms with Crippen LogP contribution in [0.5, 0.6) is 0 Å². The van der Waals surface area contributed by atoms with E-state index in [0.29, 0.717) is 0 Å². The Kier molecular flexibility index (Phi) is 4.21. The summed E-state index contributed by atoms with van der Waals surface area (Å²) < 4.78 is 3.03. The van der Waals surface area contributed by atoms with Crippen molar-refractivity contribution in [3.8, 4) is 11.1 Å². The Balaban J connectivity index is 2.43. The highest BCUT2D eigenvalue weighted by Gasteiger charge is 2.13. The highest BCUT2D eigenvalue weighted by molar-refractivity contribution is 9.11. The van der Waals surface area contributed by atoms with Crippen molar-refractivity contribution >= 4 is 58.7 Å². The summed E-state index contributed by atoms with van der Waals surface area (Å²) in [5, 5.41) is 1.12. The van der Waals surface area contributed by atoms with Gasteiger partial charge < -0.3 is 0 Å². The van der Waals surface area contributed by atoms with E-state index in [0.717, 1.165) is 24.3 Å². The predicted octanol–water partition coefficient (Wildman–Crippen LogP) is 6.81. The molecule has 0 spiro atoms. The normalized spacial score (nSPS) is 11.1. The van der Waals surface area contributed by atoms with Crippen LogP contribution >= 0.6 is 47.8 Å². The molecule has 3 rings (SSSR count). The molecular weight excluding hydrogens is 458 g/mol. The minimum atomic E-state index is 0.968. The van der Waals surface area contributed by atoms with Gasteiger partial charge in [0, 0.05) is 30.6 Å². The van der Waals surface area contributed by atoms with Gasteiger partial charge in [0.1, 0.15) is 0 Å². The van der Waals surface area contributed by atoms with Crippen LogP contribution in [0.25, 0.3) is 22.0 Å². The molecule has 0 fully saturated rings. The topological polar surface area (TPSA) is 12.9 Å². The van der Waals surface area contributed by atoms with Crippen molar-refractivity contribution in [3.63, 3.8) is 0 Å². The van der Waals surface area contributed by atoms with E-state index in [4.69, 9.17) is 0 Å². The molecule has 0 aliphatic carbocycles. The van der Waals surface area contributed by atoms with E-state index >= 15 is 0 Å². The van der Waals surface area contributed by atoms with Crippen LogP contribution in [0.1, 0.15) is 11.1 Å². The maximum absolute atomic E-state index is 4.54. The maximum atomic E-state index is 4.54. The maximum Gasteiger partial charge on any atom is 0.0851 e. The SMILES string of the molecule is Cc1cc(C)cc(-c2c(Br)cnc3c(Br)cc(Br)cc23)c1. The minimum Gasteiger partial charge on any atom is -0.254 e. The third-order valence-electron chi connectivity index (χ3n) is 3.35. The van der Waals surface area contributed by atoms with E-state index in [2.05, 4.69) is 90.9 Å². The van der Waals surface area contributed by atoms with Crippen molar-refractivity contribution in [1.29, 1.82) is 0 Å². The van der Waals surface area contributed by atoms with Crippen molar-refractivity contribution < 1.29 is 0 Å². The van der Waals surface area contributed by atoms with E-state index in [1.165, 1.54) is 22.3 Å². The van der Waals surface area contributed by atoms with Crippen molar-refractivity contribution in [3.05, 3.63) is 61.1 Å². The van der Waals surface area contributed by atoms with E-state index in [1.54, 1.807) is 0 Å². The van der Waals surface area contributed by atoms with Gasteiger partial charge in [-0.05, 0) is 63.4 Å². The van der Waals surface area contributed by atoms with Crippen molar-refractivity contribution in [2.24, 2.45) is 0 Å². The highest BCUT2D eigenvalue weighted by Crippen LogP contribution is 2.38. The molecule has 0 unspecified atom stereocenters. The fourth-order valence-corrected chi connectivity index (χ4v) is 4.49. The van der Waals surface area contributed by atoms with Crippen LogP contribution < -0.4 is 0 Å². The third kappa shape index (κ3) is 2.94. The van der Waals surface area contributed by atoms with Crippen molar-refractivity contribution in [2.45, 2.75) is 13.8 Å². The Morgan fingerprint density at radius 1 is 0.810 bits per heavy atom. The summed E-state index contributed by atoms with van der Waals surface area (Å²) in [6, 6.07) is 10.7. The van der Waals surface area contributed by atoms with Gasteiger partial charge in [0.25, 0.3) is 0 Å². The van der Waals surface area contributed by atoms with E-state index < -0.39 is 0 Å². The summed E-state index contributed by atoms with van der Waals surface area (Å²) in [7, 11) is 0. The van der Waals surface area contributed by atoms with Crippen LogP contribution in [0.2, 0.25) is 0 Å². The van der Waals surface area contributed by atoms with Gasteiger partial charge in [0.05, 0.1) is 5.52 Å². The lowest BCUT2D eigenvalue weighted by molar-refractivity contribution is 1.35. The molecule has 0 amide bonds. The second-order valence-electron chi connectivity index (χ2n) is 5.14. The zero-order valence-electron chi connectivity index (χ0n) is 11.5. The quantitative estimate of drug-likeness (QED) is 0.381. The monoisotopic (exact) mass is 467 g/mol. The second kappa shape index (κ2) is 5.82. The number of halogens is 3. The summed E-state index contributed by atoms with van der Waals surface area (Å²) in [6.07, 6.45) is 1.87. The van der Waals surface area contributed by atoms with Gasteiger partial charge in [-0.3, -0.25) is 4.98 Å². The number of rotatable bonds is 1. The third-order valence-corrected chi connectivity index (χ3v) is 5.02. The van der Waals surface area contributed by atoms with Gasteiger partial charge in [-0.1, -0.05) is 45.3 Å². The molecule has 21 heavy (non-hydrogen) atoms. The molecule has 1 aromatic heterocycles. The van der Waals surface area contributed by atoms with E-state index in [-0.39, 0.29) is 0 Å². The molecule has 1 nitrogen and oxygen atoms in total. The fourth-order valence-electron chi connectivity index (χ4n) is 2.61. The Morgan fingerprint density at radius 2 is 1.48 bits per heavy atom. The smallest absolute Gasteiger partial charge is 0.0851 e. The lowest BCUT2D eigenvalue weighted by Gasteiger charge is -2.12. The molecule has 1 heterocycles. The number of aromatic nitrogens is 1. The fraction of sp³-hybridized carbons (Fsp3) is 0.118. The average molecular weight is 470 g/mol. The van der Waals surface area contributed by atoms with Crippen LogP contribution in [0.15, 0.2) is 49.9 Å². The number of benzene rings is 2. The number of pyridine rings is 1. The van der Waals surface area contributed by atoms with Gasteiger partial charge in [0.15, 0.2) is 0 Å². The van der Waals surface area contributed by atoms with Crippen LogP contribution in [-0.4, -0.2) is 4.98 Å². The second-order valence-corrected chi connectivity index (χ2v) is 7.77. The highest BCUT2D eigenvalue weighted by atomic mass is 79.9. The van der Waals surface area contributed by atoms with Gasteiger partial charge in [0.2, 0.25) is 0 Å². The van der Waals surface area contributed by atoms with Crippen molar-refractivity contribution in [1.82, 2.24) is 4.98 Å². The minimum absolute atomic E-state index is 0.968. The molecule has 0 atom stereocenters. The molecule has 3 aromatic rings. The first-order valence-electron chi connectivity index (χ1n) is 6.47. The molecule has 0 N–H and O–H groups in total. The zero-order valence-corrected chi connectivity index (χ0v) is 16.3. The van der Waals surface area contributed by atoms with Gasteiger partial charge in [-0.15, -0.1) is 0 Å². The van der Waals surface area contributed by atoms with Gasteiger partial charge in [-0.25, -0.2) is 0 Å². The van der Waals surface area contributed by atoms with Crippen LogP contribution in [0.3, 0.4) is 0 Å². The summed E-state index contributed by atoms with van der Waals surface area (Å²) >= 11 is 10.8. The first-order valence-corrected chi connectivity index (χ1v) is 8.85. The molecule has 4 heteroatoms. The summed E-state index contributed by atoms with van der Waals surface area (Å²) in [5.41, 5.74) is 5.87. The summed E-state index contributed by atoms with van der Waals surface area (Å²) in [5.74, 6) is 0. The molecular formula is C17H12Br3N. The molecule has 0 saturated heterocycles. The molecule has 106 valence electrons. The van der Waals surface area contributed by atoms with Crippen LogP contribution in [-0.2, 0) is 0 Å². The molecule has 2 aromatic carbocycles. The van der Waals surface area contributed by atoms with Crippen LogP contribution in [0.4, 0.5) is 0 Å². The number of hydrogen-bond donors (Lipinski definition) is 0. The average Bonchev–Trinajstić information content (AvgIpc) is 2.36. The molecule has 0 aliphatic rings.